The molecule has 3 rings (SSSR count). The molecule has 0 radical (unpaired) electrons. The van der Waals surface area contributed by atoms with Gasteiger partial charge in [-0.3, -0.25) is 0 Å². The first-order valence-electron chi connectivity index (χ1n) is 6.77. The zero-order valence-corrected chi connectivity index (χ0v) is 11.4. The third-order valence-electron chi connectivity index (χ3n) is 3.70. The first-order chi connectivity index (χ1) is 8.93. The van der Waals surface area contributed by atoms with Crippen molar-refractivity contribution in [3.05, 3.63) is 57.8 Å². The van der Waals surface area contributed by atoms with Gasteiger partial charge < -0.3 is 5.32 Å². The molecule has 1 aromatic heterocycles. The minimum atomic E-state index is 0.587. The average molecular weight is 257 g/mol. The Kier molecular flexibility index (Phi) is 3.77. The minimum absolute atomic E-state index is 0.587. The molecule has 2 aromatic rings. The first-order valence-corrected chi connectivity index (χ1v) is 7.65. The number of aryl methyl sites for hydroxylation is 1. The molecule has 0 bridgehead atoms. The van der Waals surface area contributed by atoms with Crippen LogP contribution >= 0.6 is 11.3 Å². The van der Waals surface area contributed by atoms with E-state index in [1.165, 1.54) is 31.2 Å². The van der Waals surface area contributed by atoms with Crippen LogP contribution < -0.4 is 5.32 Å². The van der Waals surface area contributed by atoms with Gasteiger partial charge in [-0.25, -0.2) is 0 Å². The van der Waals surface area contributed by atoms with Gasteiger partial charge >= 0.3 is 0 Å². The fraction of sp³-hybridized carbons (Fsp3) is 0.375. The molecule has 1 aliphatic heterocycles. The third kappa shape index (κ3) is 2.65. The fourth-order valence-electron chi connectivity index (χ4n) is 2.75. The number of hydrogen-bond acceptors (Lipinski definition) is 2. The molecular weight excluding hydrogens is 238 g/mol. The second kappa shape index (κ2) is 5.68. The molecule has 2 heterocycles. The fourth-order valence-corrected chi connectivity index (χ4v) is 3.69. The van der Waals surface area contributed by atoms with E-state index < -0.39 is 0 Å². The highest BCUT2D eigenvalue weighted by molar-refractivity contribution is 7.10. The number of nitrogens with one attached hydrogen (secondary N) is 1. The van der Waals surface area contributed by atoms with Crippen molar-refractivity contribution in [1.82, 2.24) is 5.32 Å². The van der Waals surface area contributed by atoms with Gasteiger partial charge in [0.1, 0.15) is 0 Å². The second-order valence-electron chi connectivity index (χ2n) is 4.93. The molecule has 1 aliphatic rings. The zero-order valence-electron chi connectivity index (χ0n) is 10.6. The van der Waals surface area contributed by atoms with Crippen LogP contribution in [0.3, 0.4) is 0 Å². The Morgan fingerprint density at radius 3 is 2.94 bits per heavy atom. The van der Waals surface area contributed by atoms with E-state index in [9.17, 15) is 0 Å². The normalized spacial score (nSPS) is 18.6. The Balaban J connectivity index is 1.56. The summed E-state index contributed by atoms with van der Waals surface area (Å²) in [6, 6.07) is 13.7. The van der Waals surface area contributed by atoms with Gasteiger partial charge in [-0.1, -0.05) is 30.3 Å². The molecule has 0 fully saturated rings. The van der Waals surface area contributed by atoms with Crippen molar-refractivity contribution in [2.24, 2.45) is 0 Å². The summed E-state index contributed by atoms with van der Waals surface area (Å²) in [6.45, 7) is 1.14. The first kappa shape index (κ1) is 11.9. The lowest BCUT2D eigenvalue weighted by Gasteiger charge is -2.24. The quantitative estimate of drug-likeness (QED) is 0.874. The highest BCUT2D eigenvalue weighted by Crippen LogP contribution is 2.30. The van der Waals surface area contributed by atoms with E-state index in [4.69, 9.17) is 0 Å². The van der Waals surface area contributed by atoms with Gasteiger partial charge in [0.25, 0.3) is 0 Å². The molecule has 1 aromatic carbocycles. The molecule has 0 saturated heterocycles. The lowest BCUT2D eigenvalue weighted by molar-refractivity contribution is 0.467. The van der Waals surface area contributed by atoms with Crippen LogP contribution in [0.15, 0.2) is 41.8 Å². The zero-order chi connectivity index (χ0) is 12.2. The van der Waals surface area contributed by atoms with Gasteiger partial charge in [0.2, 0.25) is 0 Å². The Morgan fingerprint density at radius 1 is 1.17 bits per heavy atom. The number of hydrogen-bond donors (Lipinski definition) is 1. The molecule has 1 nitrogen and oxygen atoms in total. The SMILES string of the molecule is c1ccc(CCCC2NCCc3sccc32)cc1. The average Bonchev–Trinajstić information content (AvgIpc) is 2.89. The van der Waals surface area contributed by atoms with Crippen molar-refractivity contribution in [2.45, 2.75) is 31.7 Å². The van der Waals surface area contributed by atoms with Crippen molar-refractivity contribution in [3.8, 4) is 0 Å². The van der Waals surface area contributed by atoms with Gasteiger partial charge in [-0.05, 0) is 48.3 Å². The number of thiophene rings is 1. The maximum absolute atomic E-state index is 3.65. The lowest BCUT2D eigenvalue weighted by atomic mass is 9.96. The maximum Gasteiger partial charge on any atom is 0.0331 e. The van der Waals surface area contributed by atoms with E-state index in [-0.39, 0.29) is 0 Å². The molecule has 94 valence electrons. The monoisotopic (exact) mass is 257 g/mol. The predicted octanol–water partition coefficient (Wildman–Crippen LogP) is 3.96. The molecule has 2 heteroatoms. The number of fused-ring (bicyclic) bond motifs is 1. The van der Waals surface area contributed by atoms with E-state index in [0.717, 1.165) is 6.54 Å². The molecular formula is C16H19NS. The summed E-state index contributed by atoms with van der Waals surface area (Å²) in [7, 11) is 0. The lowest BCUT2D eigenvalue weighted by Crippen LogP contribution is -2.28. The summed E-state index contributed by atoms with van der Waals surface area (Å²) in [5.41, 5.74) is 3.01. The van der Waals surface area contributed by atoms with Crippen molar-refractivity contribution in [3.63, 3.8) is 0 Å². The van der Waals surface area contributed by atoms with Crippen molar-refractivity contribution in [1.29, 1.82) is 0 Å². The van der Waals surface area contributed by atoms with Crippen LogP contribution in [-0.4, -0.2) is 6.54 Å². The van der Waals surface area contributed by atoms with Crippen molar-refractivity contribution < 1.29 is 0 Å². The Hall–Kier alpha value is -1.12. The summed E-state index contributed by atoms with van der Waals surface area (Å²) >= 11 is 1.92. The maximum atomic E-state index is 3.65. The topological polar surface area (TPSA) is 12.0 Å². The van der Waals surface area contributed by atoms with Crippen LogP contribution in [-0.2, 0) is 12.8 Å². The Morgan fingerprint density at radius 2 is 2.06 bits per heavy atom. The van der Waals surface area contributed by atoms with Gasteiger partial charge in [0.05, 0.1) is 0 Å². The minimum Gasteiger partial charge on any atom is -0.310 e. The van der Waals surface area contributed by atoms with Crippen molar-refractivity contribution >= 4 is 11.3 Å². The van der Waals surface area contributed by atoms with Crippen LogP contribution in [0.5, 0.6) is 0 Å². The summed E-state index contributed by atoms with van der Waals surface area (Å²) in [5.74, 6) is 0. The predicted molar refractivity (Wildman–Crippen MR) is 78.1 cm³/mol. The summed E-state index contributed by atoms with van der Waals surface area (Å²) in [4.78, 5) is 1.60. The molecule has 1 atom stereocenters. The van der Waals surface area contributed by atoms with Crippen LogP contribution in [0.2, 0.25) is 0 Å². The molecule has 0 saturated carbocycles. The van der Waals surface area contributed by atoms with Crippen LogP contribution in [0, 0.1) is 0 Å². The van der Waals surface area contributed by atoms with Crippen LogP contribution in [0.25, 0.3) is 0 Å². The smallest absolute Gasteiger partial charge is 0.0331 e. The van der Waals surface area contributed by atoms with Gasteiger partial charge in [-0.15, -0.1) is 11.3 Å². The molecule has 0 amide bonds. The van der Waals surface area contributed by atoms with E-state index in [1.54, 1.807) is 10.4 Å². The molecule has 18 heavy (non-hydrogen) atoms. The summed E-state index contributed by atoms with van der Waals surface area (Å²) in [5, 5.41) is 5.89. The molecule has 0 aliphatic carbocycles. The second-order valence-corrected chi connectivity index (χ2v) is 5.93. The van der Waals surface area contributed by atoms with Crippen molar-refractivity contribution in [2.75, 3.05) is 6.54 Å². The van der Waals surface area contributed by atoms with Gasteiger partial charge in [0.15, 0.2) is 0 Å². The van der Waals surface area contributed by atoms with Gasteiger partial charge in [-0.2, -0.15) is 0 Å². The van der Waals surface area contributed by atoms with E-state index in [0.29, 0.717) is 6.04 Å². The number of benzene rings is 1. The van der Waals surface area contributed by atoms with Gasteiger partial charge in [0, 0.05) is 17.5 Å². The largest absolute Gasteiger partial charge is 0.310 e. The van der Waals surface area contributed by atoms with E-state index in [2.05, 4.69) is 47.1 Å². The molecule has 1 unspecified atom stereocenters. The Bertz CT molecular complexity index is 489. The van der Waals surface area contributed by atoms with E-state index in [1.807, 2.05) is 11.3 Å². The van der Waals surface area contributed by atoms with Crippen LogP contribution in [0.1, 0.15) is 34.9 Å². The highest BCUT2D eigenvalue weighted by atomic mass is 32.1. The highest BCUT2D eigenvalue weighted by Gasteiger charge is 2.19. The summed E-state index contributed by atoms with van der Waals surface area (Å²) < 4.78 is 0. The molecule has 0 spiro atoms. The Labute approximate surface area is 113 Å². The van der Waals surface area contributed by atoms with E-state index >= 15 is 0 Å². The van der Waals surface area contributed by atoms with Crippen LogP contribution in [0.4, 0.5) is 0 Å². The standard InChI is InChI=1S/C16H19NS/c1-2-5-13(6-3-1)7-4-8-15-14-10-12-18-16(14)9-11-17-15/h1-3,5-6,10,12,15,17H,4,7-9,11H2. The summed E-state index contributed by atoms with van der Waals surface area (Å²) in [6.07, 6.45) is 4.91. The molecule has 1 N–H and O–H groups in total. The number of rotatable bonds is 4. The third-order valence-corrected chi connectivity index (χ3v) is 4.70.